The van der Waals surface area contributed by atoms with Gasteiger partial charge in [0.05, 0.1) is 18.5 Å². The first-order valence-corrected chi connectivity index (χ1v) is 10.9. The second kappa shape index (κ2) is 9.81. The molecule has 0 aliphatic rings. The van der Waals surface area contributed by atoms with E-state index in [2.05, 4.69) is 11.2 Å². The molecule has 2 aromatic carbocycles. The summed E-state index contributed by atoms with van der Waals surface area (Å²) < 4.78 is 6.61. The first kappa shape index (κ1) is 23.3. The molecule has 32 heavy (non-hydrogen) atoms. The third-order valence-electron chi connectivity index (χ3n) is 5.81. The maximum Gasteiger partial charge on any atom is 0.305 e. The topological polar surface area (TPSA) is 64.4 Å². The number of amides is 1. The van der Waals surface area contributed by atoms with Crippen molar-refractivity contribution in [3.63, 3.8) is 0 Å². The smallest absolute Gasteiger partial charge is 0.305 e. The number of nitrogens with zero attached hydrogens (tertiary/aromatic N) is 3. The third-order valence-corrected chi connectivity index (χ3v) is 5.81. The summed E-state index contributed by atoms with van der Waals surface area (Å²) in [5.74, 6) is -0.262. The second-order valence-electron chi connectivity index (χ2n) is 8.02. The van der Waals surface area contributed by atoms with Crippen molar-refractivity contribution in [3.8, 4) is 5.69 Å². The molecule has 0 atom stereocenters. The minimum Gasteiger partial charge on any atom is -0.469 e. The van der Waals surface area contributed by atoms with Crippen LogP contribution in [0.15, 0.2) is 42.5 Å². The monoisotopic (exact) mass is 433 g/mol. The van der Waals surface area contributed by atoms with Gasteiger partial charge >= 0.3 is 5.97 Å². The summed E-state index contributed by atoms with van der Waals surface area (Å²) in [7, 11) is 1.40. The molecule has 6 nitrogen and oxygen atoms in total. The predicted octanol–water partition coefficient (Wildman–Crippen LogP) is 4.88. The number of carbonyl (C=O) groups is 2. The Labute approximate surface area is 189 Å². The molecule has 0 bridgehead atoms. The number of methoxy groups -OCH3 is 1. The molecular formula is C26H31N3O3. The van der Waals surface area contributed by atoms with Gasteiger partial charge in [-0.2, -0.15) is 5.10 Å². The van der Waals surface area contributed by atoms with Crippen molar-refractivity contribution in [1.82, 2.24) is 9.78 Å². The number of benzene rings is 2. The van der Waals surface area contributed by atoms with Gasteiger partial charge in [-0.3, -0.25) is 9.59 Å². The fourth-order valence-corrected chi connectivity index (χ4v) is 4.05. The Balaban J connectivity index is 1.84. The highest BCUT2D eigenvalue weighted by Gasteiger charge is 2.19. The maximum atomic E-state index is 13.2. The van der Waals surface area contributed by atoms with Crippen LogP contribution in [0.4, 0.5) is 5.69 Å². The van der Waals surface area contributed by atoms with Crippen LogP contribution >= 0.6 is 0 Å². The number of anilines is 1. The van der Waals surface area contributed by atoms with Crippen molar-refractivity contribution in [2.24, 2.45) is 0 Å². The first-order chi connectivity index (χ1) is 15.3. The molecule has 0 aliphatic heterocycles. The second-order valence-corrected chi connectivity index (χ2v) is 8.02. The van der Waals surface area contributed by atoms with Crippen LogP contribution in [0, 0.1) is 27.7 Å². The van der Waals surface area contributed by atoms with E-state index in [-0.39, 0.29) is 11.9 Å². The van der Waals surface area contributed by atoms with Crippen LogP contribution in [0.1, 0.15) is 51.8 Å². The molecule has 0 spiro atoms. The van der Waals surface area contributed by atoms with Crippen molar-refractivity contribution in [3.05, 3.63) is 76.1 Å². The van der Waals surface area contributed by atoms with E-state index in [1.54, 1.807) is 4.90 Å². The molecule has 0 N–H and O–H groups in total. The quantitative estimate of drug-likeness (QED) is 0.498. The molecule has 3 aromatic rings. The number of esters is 1. The van der Waals surface area contributed by atoms with Gasteiger partial charge in [-0.15, -0.1) is 0 Å². The normalized spacial score (nSPS) is 10.8. The van der Waals surface area contributed by atoms with E-state index in [9.17, 15) is 9.59 Å². The Morgan fingerprint density at radius 2 is 1.72 bits per heavy atom. The fraction of sp³-hybridized carbons (Fsp3) is 0.346. The summed E-state index contributed by atoms with van der Waals surface area (Å²) in [6, 6.07) is 13.6. The van der Waals surface area contributed by atoms with Crippen LogP contribution in [0.2, 0.25) is 0 Å². The van der Waals surface area contributed by atoms with Crippen molar-refractivity contribution >= 4 is 17.6 Å². The van der Waals surface area contributed by atoms with Gasteiger partial charge in [-0.05, 0) is 82.5 Å². The van der Waals surface area contributed by atoms with Crippen LogP contribution in [0.5, 0.6) is 0 Å². The van der Waals surface area contributed by atoms with E-state index in [0.29, 0.717) is 24.9 Å². The summed E-state index contributed by atoms with van der Waals surface area (Å²) in [5.41, 5.74) is 7.61. The van der Waals surface area contributed by atoms with Crippen molar-refractivity contribution < 1.29 is 14.3 Å². The van der Waals surface area contributed by atoms with E-state index in [1.165, 1.54) is 12.7 Å². The average Bonchev–Trinajstić information content (AvgIpc) is 3.07. The molecule has 0 radical (unpaired) electrons. The molecule has 1 aromatic heterocycles. The standard InChI is InChI=1S/C26H31N3O3/c1-7-28(24-14-8-17(2)16-18(24)3)26(31)21-9-11-22(12-10-21)29-20(5)23(19(4)27-29)13-15-25(30)32-6/h8-12,14,16H,7,13,15H2,1-6H3. The summed E-state index contributed by atoms with van der Waals surface area (Å²) in [5, 5.41) is 4.65. The number of aromatic nitrogens is 2. The highest BCUT2D eigenvalue weighted by atomic mass is 16.5. The zero-order valence-corrected chi connectivity index (χ0v) is 19.7. The molecule has 168 valence electrons. The van der Waals surface area contributed by atoms with E-state index in [4.69, 9.17) is 4.74 Å². The molecule has 6 heteroatoms. The van der Waals surface area contributed by atoms with Gasteiger partial charge in [-0.1, -0.05) is 17.7 Å². The number of hydrogen-bond acceptors (Lipinski definition) is 4. The van der Waals surface area contributed by atoms with Crippen molar-refractivity contribution in [2.45, 2.75) is 47.5 Å². The molecular weight excluding hydrogens is 402 g/mol. The van der Waals surface area contributed by atoms with Crippen LogP contribution in [0.3, 0.4) is 0 Å². The first-order valence-electron chi connectivity index (χ1n) is 10.9. The van der Waals surface area contributed by atoms with Crippen LogP contribution in [0.25, 0.3) is 5.69 Å². The summed E-state index contributed by atoms with van der Waals surface area (Å²) in [4.78, 5) is 26.5. The van der Waals surface area contributed by atoms with E-state index < -0.39 is 0 Å². The van der Waals surface area contributed by atoms with Gasteiger partial charge in [0, 0.05) is 29.9 Å². The van der Waals surface area contributed by atoms with Gasteiger partial charge in [-0.25, -0.2) is 4.68 Å². The molecule has 0 unspecified atom stereocenters. The summed E-state index contributed by atoms with van der Waals surface area (Å²) >= 11 is 0. The lowest BCUT2D eigenvalue weighted by Crippen LogP contribution is -2.31. The molecule has 1 amide bonds. The van der Waals surface area contributed by atoms with E-state index in [1.807, 2.05) is 75.7 Å². The zero-order valence-electron chi connectivity index (χ0n) is 19.7. The number of carbonyl (C=O) groups excluding carboxylic acids is 2. The van der Waals surface area contributed by atoms with Crippen LogP contribution in [-0.2, 0) is 16.0 Å². The van der Waals surface area contributed by atoms with Gasteiger partial charge in [0.15, 0.2) is 0 Å². The SMILES string of the molecule is CCN(C(=O)c1ccc(-n2nc(C)c(CCC(=O)OC)c2C)cc1)c1ccc(C)cc1C. The van der Waals surface area contributed by atoms with Crippen molar-refractivity contribution in [2.75, 3.05) is 18.6 Å². The molecule has 0 saturated carbocycles. The lowest BCUT2D eigenvalue weighted by molar-refractivity contribution is -0.140. The highest BCUT2D eigenvalue weighted by Crippen LogP contribution is 2.24. The fourth-order valence-electron chi connectivity index (χ4n) is 4.05. The lowest BCUT2D eigenvalue weighted by Gasteiger charge is -2.23. The van der Waals surface area contributed by atoms with E-state index in [0.717, 1.165) is 33.9 Å². The minimum absolute atomic E-state index is 0.0295. The molecule has 3 rings (SSSR count). The largest absolute Gasteiger partial charge is 0.469 e. The van der Waals surface area contributed by atoms with Gasteiger partial charge < -0.3 is 9.64 Å². The third kappa shape index (κ3) is 4.74. The van der Waals surface area contributed by atoms with Gasteiger partial charge in [0.1, 0.15) is 0 Å². The maximum absolute atomic E-state index is 13.2. The Morgan fingerprint density at radius 1 is 1.03 bits per heavy atom. The number of rotatable bonds is 7. The van der Waals surface area contributed by atoms with Crippen LogP contribution in [-0.4, -0.2) is 35.3 Å². The number of hydrogen-bond donors (Lipinski definition) is 0. The average molecular weight is 434 g/mol. The minimum atomic E-state index is -0.233. The van der Waals surface area contributed by atoms with Crippen molar-refractivity contribution in [1.29, 1.82) is 0 Å². The van der Waals surface area contributed by atoms with Gasteiger partial charge in [0.25, 0.3) is 5.91 Å². The Morgan fingerprint density at radius 3 is 2.31 bits per heavy atom. The predicted molar refractivity (Wildman–Crippen MR) is 127 cm³/mol. The Bertz CT molecular complexity index is 1130. The Kier molecular flexibility index (Phi) is 7.13. The molecule has 0 saturated heterocycles. The highest BCUT2D eigenvalue weighted by molar-refractivity contribution is 6.06. The number of aryl methyl sites for hydroxylation is 3. The molecule has 1 heterocycles. The summed E-state index contributed by atoms with van der Waals surface area (Å²) in [6.07, 6.45) is 0.908. The molecule has 0 fully saturated rings. The lowest BCUT2D eigenvalue weighted by atomic mass is 10.1. The van der Waals surface area contributed by atoms with E-state index >= 15 is 0 Å². The van der Waals surface area contributed by atoms with Gasteiger partial charge in [0.2, 0.25) is 0 Å². The molecule has 0 aliphatic carbocycles. The summed E-state index contributed by atoms with van der Waals surface area (Å²) in [6.45, 7) is 10.6. The zero-order chi connectivity index (χ0) is 23.4. The van der Waals surface area contributed by atoms with Crippen LogP contribution < -0.4 is 4.90 Å². The Hall–Kier alpha value is -3.41. The number of ether oxygens (including phenoxy) is 1.